The maximum Gasteiger partial charge on any atom is 0.198 e. The molecule has 0 fully saturated rings. The Morgan fingerprint density at radius 1 is 1.29 bits per heavy atom. The molecule has 122 valence electrons. The van der Waals surface area contributed by atoms with Gasteiger partial charge < -0.3 is 9.73 Å². The minimum absolute atomic E-state index is 0.506. The SMILES string of the molecule is CC(C)Cn1cc(Nc2nc(-c3ccco3)nc3cn[nH]c23)cn1. The lowest BCUT2D eigenvalue weighted by Crippen LogP contribution is -2.04. The minimum atomic E-state index is 0.506. The average molecular weight is 323 g/mol. The predicted molar refractivity (Wildman–Crippen MR) is 89.7 cm³/mol. The van der Waals surface area contributed by atoms with Crippen molar-refractivity contribution in [3.8, 4) is 11.6 Å². The summed E-state index contributed by atoms with van der Waals surface area (Å²) in [7, 11) is 0. The van der Waals surface area contributed by atoms with Gasteiger partial charge in [0.1, 0.15) is 11.0 Å². The fourth-order valence-corrected chi connectivity index (χ4v) is 2.48. The number of rotatable bonds is 5. The maximum absolute atomic E-state index is 5.40. The largest absolute Gasteiger partial charge is 0.461 e. The van der Waals surface area contributed by atoms with E-state index >= 15 is 0 Å². The standard InChI is InChI=1S/C16H17N7O/c1-10(2)8-23-9-11(6-18-23)19-16-14-12(7-17-22-14)20-15(21-16)13-4-3-5-24-13/h3-7,9-10H,8H2,1-2H3,(H,17,22)(H,19,20,21). The Morgan fingerprint density at radius 2 is 2.21 bits per heavy atom. The van der Waals surface area contributed by atoms with Crippen molar-refractivity contribution < 1.29 is 4.42 Å². The minimum Gasteiger partial charge on any atom is -0.461 e. The van der Waals surface area contributed by atoms with Gasteiger partial charge in [0.15, 0.2) is 17.4 Å². The number of H-pyrrole nitrogens is 1. The summed E-state index contributed by atoms with van der Waals surface area (Å²) in [6, 6.07) is 3.63. The smallest absolute Gasteiger partial charge is 0.198 e. The van der Waals surface area contributed by atoms with Crippen molar-refractivity contribution in [1.29, 1.82) is 0 Å². The number of aromatic nitrogens is 6. The van der Waals surface area contributed by atoms with Gasteiger partial charge in [-0.3, -0.25) is 9.78 Å². The van der Waals surface area contributed by atoms with Crippen molar-refractivity contribution in [2.24, 2.45) is 5.92 Å². The van der Waals surface area contributed by atoms with Crippen LogP contribution in [-0.4, -0.2) is 29.9 Å². The first-order valence-corrected chi connectivity index (χ1v) is 7.73. The van der Waals surface area contributed by atoms with Gasteiger partial charge in [-0.05, 0) is 18.1 Å². The third-order valence-electron chi connectivity index (χ3n) is 3.49. The quantitative estimate of drug-likeness (QED) is 0.585. The molecule has 0 aliphatic carbocycles. The van der Waals surface area contributed by atoms with Crippen LogP contribution in [0.1, 0.15) is 13.8 Å². The highest BCUT2D eigenvalue weighted by molar-refractivity contribution is 5.88. The molecule has 8 heteroatoms. The van der Waals surface area contributed by atoms with Crippen LogP contribution in [-0.2, 0) is 6.54 Å². The fourth-order valence-electron chi connectivity index (χ4n) is 2.48. The summed E-state index contributed by atoms with van der Waals surface area (Å²) in [6.07, 6.45) is 6.99. The molecule has 0 saturated carbocycles. The molecule has 0 radical (unpaired) electrons. The first kappa shape index (κ1) is 14.4. The predicted octanol–water partition coefficient (Wildman–Crippen LogP) is 3.21. The van der Waals surface area contributed by atoms with Crippen LogP contribution in [0.5, 0.6) is 0 Å². The van der Waals surface area contributed by atoms with Gasteiger partial charge in [0, 0.05) is 12.7 Å². The molecule has 4 aromatic heterocycles. The molecule has 0 atom stereocenters. The Bertz CT molecular complexity index is 952. The zero-order valence-electron chi connectivity index (χ0n) is 13.4. The molecular weight excluding hydrogens is 306 g/mol. The molecule has 0 aromatic carbocycles. The molecule has 0 aliphatic rings. The van der Waals surface area contributed by atoms with Crippen molar-refractivity contribution in [2.45, 2.75) is 20.4 Å². The highest BCUT2D eigenvalue weighted by Crippen LogP contribution is 2.25. The zero-order valence-corrected chi connectivity index (χ0v) is 13.4. The lowest BCUT2D eigenvalue weighted by atomic mass is 10.2. The third kappa shape index (κ3) is 2.73. The van der Waals surface area contributed by atoms with Gasteiger partial charge in [-0.15, -0.1) is 0 Å². The molecule has 0 aliphatic heterocycles. The molecule has 0 bridgehead atoms. The first-order chi connectivity index (χ1) is 11.7. The van der Waals surface area contributed by atoms with E-state index in [2.05, 4.69) is 44.4 Å². The van der Waals surface area contributed by atoms with Crippen LogP contribution >= 0.6 is 0 Å². The molecule has 0 saturated heterocycles. The summed E-state index contributed by atoms with van der Waals surface area (Å²) < 4.78 is 7.31. The molecule has 0 unspecified atom stereocenters. The van der Waals surface area contributed by atoms with Crippen molar-refractivity contribution in [1.82, 2.24) is 29.9 Å². The summed E-state index contributed by atoms with van der Waals surface area (Å²) in [5.41, 5.74) is 2.31. The molecule has 8 nitrogen and oxygen atoms in total. The lowest BCUT2D eigenvalue weighted by Gasteiger charge is -2.06. The van der Waals surface area contributed by atoms with Crippen LogP contribution in [0.15, 0.2) is 41.4 Å². The average Bonchev–Trinajstić information content (AvgIpc) is 3.27. The number of furan rings is 1. The third-order valence-corrected chi connectivity index (χ3v) is 3.49. The number of hydrogen-bond acceptors (Lipinski definition) is 6. The molecule has 0 spiro atoms. The van der Waals surface area contributed by atoms with E-state index in [4.69, 9.17) is 4.42 Å². The lowest BCUT2D eigenvalue weighted by molar-refractivity contribution is 0.483. The summed E-state index contributed by atoms with van der Waals surface area (Å²) >= 11 is 0. The Hall–Kier alpha value is -3.16. The van der Waals surface area contributed by atoms with E-state index < -0.39 is 0 Å². The number of hydrogen-bond donors (Lipinski definition) is 2. The van der Waals surface area contributed by atoms with Gasteiger partial charge in [0.2, 0.25) is 0 Å². The van der Waals surface area contributed by atoms with Crippen LogP contribution in [0.4, 0.5) is 11.5 Å². The molecule has 4 aromatic rings. The van der Waals surface area contributed by atoms with E-state index in [0.29, 0.717) is 28.8 Å². The summed E-state index contributed by atoms with van der Waals surface area (Å²) in [6.45, 7) is 5.18. The zero-order chi connectivity index (χ0) is 16.5. The van der Waals surface area contributed by atoms with E-state index in [0.717, 1.165) is 17.7 Å². The van der Waals surface area contributed by atoms with E-state index in [-0.39, 0.29) is 0 Å². The highest BCUT2D eigenvalue weighted by atomic mass is 16.3. The van der Waals surface area contributed by atoms with Crippen molar-refractivity contribution >= 4 is 22.5 Å². The Balaban J connectivity index is 1.70. The second-order valence-electron chi connectivity index (χ2n) is 5.97. The van der Waals surface area contributed by atoms with E-state index in [9.17, 15) is 0 Å². The van der Waals surface area contributed by atoms with Crippen molar-refractivity contribution in [3.05, 3.63) is 37.0 Å². The van der Waals surface area contributed by atoms with Gasteiger partial charge in [0.25, 0.3) is 0 Å². The van der Waals surface area contributed by atoms with Gasteiger partial charge in [0.05, 0.1) is 24.3 Å². The first-order valence-electron chi connectivity index (χ1n) is 7.73. The molecule has 4 rings (SSSR count). The van der Waals surface area contributed by atoms with Crippen LogP contribution in [0.3, 0.4) is 0 Å². The number of nitrogens with one attached hydrogen (secondary N) is 2. The Labute approximate surface area is 137 Å². The summed E-state index contributed by atoms with van der Waals surface area (Å²) in [5.74, 6) is 2.28. The normalized spacial score (nSPS) is 11.5. The second kappa shape index (κ2) is 5.80. The molecule has 0 amide bonds. The van der Waals surface area contributed by atoms with Crippen LogP contribution in [0.2, 0.25) is 0 Å². The van der Waals surface area contributed by atoms with E-state index in [1.165, 1.54) is 0 Å². The van der Waals surface area contributed by atoms with Crippen molar-refractivity contribution in [2.75, 3.05) is 5.32 Å². The van der Waals surface area contributed by atoms with Crippen LogP contribution in [0.25, 0.3) is 22.6 Å². The molecule has 2 N–H and O–H groups in total. The monoisotopic (exact) mass is 323 g/mol. The summed E-state index contributed by atoms with van der Waals surface area (Å²) in [5, 5.41) is 14.6. The topological polar surface area (TPSA) is 97.5 Å². The maximum atomic E-state index is 5.40. The van der Waals surface area contributed by atoms with Gasteiger partial charge in [-0.1, -0.05) is 13.8 Å². The molecule has 24 heavy (non-hydrogen) atoms. The van der Waals surface area contributed by atoms with Gasteiger partial charge in [-0.25, -0.2) is 9.97 Å². The summed E-state index contributed by atoms with van der Waals surface area (Å²) in [4.78, 5) is 9.02. The second-order valence-corrected chi connectivity index (χ2v) is 5.97. The fraction of sp³-hybridized carbons (Fsp3) is 0.250. The van der Waals surface area contributed by atoms with E-state index in [1.807, 2.05) is 16.9 Å². The van der Waals surface area contributed by atoms with E-state index in [1.54, 1.807) is 24.7 Å². The number of aromatic amines is 1. The van der Waals surface area contributed by atoms with Crippen LogP contribution < -0.4 is 5.32 Å². The van der Waals surface area contributed by atoms with Gasteiger partial charge >= 0.3 is 0 Å². The van der Waals surface area contributed by atoms with Gasteiger partial charge in [-0.2, -0.15) is 10.2 Å². The molecular formula is C16H17N7O. The number of fused-ring (bicyclic) bond motifs is 1. The highest BCUT2D eigenvalue weighted by Gasteiger charge is 2.13. The van der Waals surface area contributed by atoms with Crippen LogP contribution in [0, 0.1) is 5.92 Å². The Kier molecular flexibility index (Phi) is 3.49. The number of anilines is 2. The molecule has 4 heterocycles. The number of nitrogens with zero attached hydrogens (tertiary/aromatic N) is 5. The van der Waals surface area contributed by atoms with Crippen molar-refractivity contribution in [3.63, 3.8) is 0 Å². The Morgan fingerprint density at radius 3 is 3.00 bits per heavy atom.